The number of unbranched alkanes of at least 4 members (excludes halogenated alkanes) is 26. The highest BCUT2D eigenvalue weighted by molar-refractivity contribution is 7.47. The Balaban J connectivity index is 4.10. The van der Waals surface area contributed by atoms with Crippen LogP contribution in [0.25, 0.3) is 0 Å². The molecule has 0 fully saturated rings. The van der Waals surface area contributed by atoms with Gasteiger partial charge in [0.15, 0.2) is 6.10 Å². The smallest absolute Gasteiger partial charge is 0.462 e. The highest BCUT2D eigenvalue weighted by Crippen LogP contribution is 2.43. The molecule has 0 aromatic carbocycles. The fraction of sp³-hybridized carbons (Fsp3) is 0.804. The average Bonchev–Trinajstić information content (AvgIpc) is 3.25. The summed E-state index contributed by atoms with van der Waals surface area (Å²) in [6, 6.07) is 0. The van der Waals surface area contributed by atoms with Crippen LogP contribution >= 0.6 is 7.82 Å². The fourth-order valence-electron chi connectivity index (χ4n) is 6.97. The minimum atomic E-state index is -4.39. The molecule has 0 bridgehead atoms. The molecule has 0 aliphatic heterocycles. The molecular weight excluding hydrogens is 786 g/mol. The second-order valence-electron chi connectivity index (χ2n) is 16.7. The largest absolute Gasteiger partial charge is 0.472 e. The van der Waals surface area contributed by atoms with Crippen LogP contribution in [0.1, 0.15) is 232 Å². The Hall–Kier alpha value is -2.03. The SMILES string of the molecule is CCCCC/C=C/C/C=C/C/C=C/C/C=C/CCCCCC(=O)O[C@H](COC(=O)CCCCCCCCCCCCCCCCCCCCCCC)COP(=O)(O)OCCN. The van der Waals surface area contributed by atoms with Crippen LogP contribution in [-0.2, 0) is 32.7 Å². The van der Waals surface area contributed by atoms with Crippen LogP contribution in [-0.4, -0.2) is 49.3 Å². The van der Waals surface area contributed by atoms with Gasteiger partial charge in [0, 0.05) is 19.4 Å². The molecule has 1 unspecified atom stereocenters. The summed E-state index contributed by atoms with van der Waals surface area (Å²) in [6.07, 6.45) is 55.8. The number of phosphoric acid groups is 1. The van der Waals surface area contributed by atoms with Crippen LogP contribution < -0.4 is 5.73 Å². The molecule has 0 saturated carbocycles. The average molecular weight is 880 g/mol. The zero-order chi connectivity index (χ0) is 44.6. The van der Waals surface area contributed by atoms with E-state index in [-0.39, 0.29) is 38.6 Å². The molecule has 2 atom stereocenters. The first kappa shape index (κ1) is 59.0. The van der Waals surface area contributed by atoms with Crippen molar-refractivity contribution in [3.63, 3.8) is 0 Å². The van der Waals surface area contributed by atoms with Crippen LogP contribution in [0.4, 0.5) is 0 Å². The third kappa shape index (κ3) is 47.3. The molecule has 9 nitrogen and oxygen atoms in total. The standard InChI is InChI=1S/C51H94NO8P/c1-3-5-7-9-11-13-15-17-19-21-23-24-26-27-29-31-33-35-37-39-41-43-50(53)57-47-49(48-59-61(55,56)58-46-45-52)60-51(54)44-42-40-38-36-34-32-30-28-25-22-20-18-16-14-12-10-8-6-4-2/h12,14,18,20,25,28,32,34,49H,3-11,13,15-17,19,21-24,26-27,29-31,33,35-48,52H2,1-2H3,(H,55,56)/b14-12+,20-18+,28-25+,34-32+/t49-/m1/s1. The lowest BCUT2D eigenvalue weighted by Crippen LogP contribution is -2.29. The van der Waals surface area contributed by atoms with E-state index in [0.29, 0.717) is 6.42 Å². The third-order valence-corrected chi connectivity index (χ3v) is 11.7. The number of phosphoric ester groups is 1. The molecule has 0 amide bonds. The maximum absolute atomic E-state index is 12.6. The number of hydrogen-bond donors (Lipinski definition) is 2. The van der Waals surface area contributed by atoms with Crippen molar-refractivity contribution >= 4 is 19.8 Å². The molecule has 61 heavy (non-hydrogen) atoms. The van der Waals surface area contributed by atoms with Gasteiger partial charge < -0.3 is 20.1 Å². The number of carbonyl (C=O) groups is 2. The van der Waals surface area contributed by atoms with E-state index in [2.05, 4.69) is 62.5 Å². The quantitative estimate of drug-likeness (QED) is 0.0265. The van der Waals surface area contributed by atoms with E-state index >= 15 is 0 Å². The molecule has 0 rings (SSSR count). The predicted octanol–water partition coefficient (Wildman–Crippen LogP) is 15.1. The Bertz CT molecular complexity index is 1140. The van der Waals surface area contributed by atoms with Crippen molar-refractivity contribution < 1.29 is 37.6 Å². The summed E-state index contributed by atoms with van der Waals surface area (Å²) < 4.78 is 32.9. The second kappa shape index (κ2) is 47.4. The normalized spacial score (nSPS) is 13.6. The van der Waals surface area contributed by atoms with Crippen LogP contribution in [0, 0.1) is 0 Å². The highest BCUT2D eigenvalue weighted by Gasteiger charge is 2.26. The van der Waals surface area contributed by atoms with Crippen molar-refractivity contribution in [3.8, 4) is 0 Å². The number of hydrogen-bond acceptors (Lipinski definition) is 8. The molecule has 3 N–H and O–H groups in total. The fourth-order valence-corrected chi connectivity index (χ4v) is 7.74. The molecule has 356 valence electrons. The van der Waals surface area contributed by atoms with Crippen LogP contribution in [0.3, 0.4) is 0 Å². The number of rotatable bonds is 47. The van der Waals surface area contributed by atoms with Gasteiger partial charge in [-0.2, -0.15) is 0 Å². The van der Waals surface area contributed by atoms with Crippen molar-refractivity contribution in [2.24, 2.45) is 5.73 Å². The molecule has 0 aliphatic rings. The minimum absolute atomic E-state index is 0.0475. The van der Waals surface area contributed by atoms with Gasteiger partial charge in [0.2, 0.25) is 0 Å². The summed E-state index contributed by atoms with van der Waals surface area (Å²) in [5.74, 6) is -0.857. The maximum Gasteiger partial charge on any atom is 0.472 e. The van der Waals surface area contributed by atoms with Crippen LogP contribution in [0.5, 0.6) is 0 Å². The Morgan fingerprint density at radius 2 is 0.852 bits per heavy atom. The summed E-state index contributed by atoms with van der Waals surface area (Å²) in [6.45, 7) is 3.70. The first-order valence-electron chi connectivity index (χ1n) is 25.1. The van der Waals surface area contributed by atoms with Gasteiger partial charge in [0.05, 0.1) is 13.2 Å². The van der Waals surface area contributed by atoms with Crippen molar-refractivity contribution in [2.75, 3.05) is 26.4 Å². The summed E-state index contributed by atoms with van der Waals surface area (Å²) in [7, 11) is -4.39. The first-order valence-corrected chi connectivity index (χ1v) is 26.6. The van der Waals surface area contributed by atoms with E-state index in [1.807, 2.05) is 0 Å². The first-order chi connectivity index (χ1) is 29.8. The number of allylic oxidation sites excluding steroid dienone is 8. The minimum Gasteiger partial charge on any atom is -0.462 e. The van der Waals surface area contributed by atoms with Gasteiger partial charge in [-0.1, -0.05) is 210 Å². The van der Waals surface area contributed by atoms with Crippen LogP contribution in [0.15, 0.2) is 48.6 Å². The van der Waals surface area contributed by atoms with Gasteiger partial charge in [0.25, 0.3) is 0 Å². The van der Waals surface area contributed by atoms with Gasteiger partial charge in [0.1, 0.15) is 6.61 Å². The van der Waals surface area contributed by atoms with Crippen molar-refractivity contribution in [1.29, 1.82) is 0 Å². The topological polar surface area (TPSA) is 134 Å². The Morgan fingerprint density at radius 3 is 1.30 bits per heavy atom. The zero-order valence-electron chi connectivity index (χ0n) is 39.4. The van der Waals surface area contributed by atoms with Crippen molar-refractivity contribution in [2.45, 2.75) is 238 Å². The number of esters is 2. The van der Waals surface area contributed by atoms with Gasteiger partial charge >= 0.3 is 19.8 Å². The van der Waals surface area contributed by atoms with Crippen LogP contribution in [0.2, 0.25) is 0 Å². The molecule has 10 heteroatoms. The van der Waals surface area contributed by atoms with Crippen molar-refractivity contribution in [1.82, 2.24) is 0 Å². The summed E-state index contributed by atoms with van der Waals surface area (Å²) in [5, 5.41) is 0. The van der Waals surface area contributed by atoms with Gasteiger partial charge in [-0.05, 0) is 57.8 Å². The maximum atomic E-state index is 12.6. The van der Waals surface area contributed by atoms with E-state index in [4.69, 9.17) is 24.3 Å². The van der Waals surface area contributed by atoms with E-state index in [1.54, 1.807) is 0 Å². The second-order valence-corrected chi connectivity index (χ2v) is 18.1. The van der Waals surface area contributed by atoms with Gasteiger partial charge in [-0.3, -0.25) is 18.6 Å². The molecule has 0 spiro atoms. The van der Waals surface area contributed by atoms with E-state index in [9.17, 15) is 19.0 Å². The Kier molecular flexibility index (Phi) is 45.9. The predicted molar refractivity (Wildman–Crippen MR) is 257 cm³/mol. The lowest BCUT2D eigenvalue weighted by atomic mass is 10.0. The number of carbonyl (C=O) groups excluding carboxylic acids is 2. The molecule has 0 aliphatic carbocycles. The Labute approximate surface area is 375 Å². The molecule has 0 radical (unpaired) electrons. The highest BCUT2D eigenvalue weighted by atomic mass is 31.2. The summed E-state index contributed by atoms with van der Waals surface area (Å²) in [5.41, 5.74) is 5.36. The third-order valence-electron chi connectivity index (χ3n) is 10.7. The molecule has 0 saturated heterocycles. The summed E-state index contributed by atoms with van der Waals surface area (Å²) in [4.78, 5) is 35.0. The molecule has 0 aromatic rings. The number of ether oxygens (including phenoxy) is 2. The van der Waals surface area contributed by atoms with Crippen molar-refractivity contribution in [3.05, 3.63) is 48.6 Å². The Morgan fingerprint density at radius 1 is 0.492 bits per heavy atom. The van der Waals surface area contributed by atoms with Gasteiger partial charge in [-0.15, -0.1) is 0 Å². The van der Waals surface area contributed by atoms with E-state index in [0.717, 1.165) is 57.8 Å². The van der Waals surface area contributed by atoms with Gasteiger partial charge in [-0.25, -0.2) is 4.57 Å². The lowest BCUT2D eigenvalue weighted by Gasteiger charge is -2.19. The molecule has 0 heterocycles. The van der Waals surface area contributed by atoms with E-state index in [1.165, 1.54) is 141 Å². The molecular formula is C51H94NO8P. The number of nitrogens with two attached hydrogens (primary N) is 1. The lowest BCUT2D eigenvalue weighted by molar-refractivity contribution is -0.161. The molecule has 0 aromatic heterocycles. The van der Waals surface area contributed by atoms with E-state index < -0.39 is 26.5 Å². The summed E-state index contributed by atoms with van der Waals surface area (Å²) >= 11 is 0. The monoisotopic (exact) mass is 880 g/mol. The zero-order valence-corrected chi connectivity index (χ0v) is 40.3.